The van der Waals surface area contributed by atoms with Crippen molar-refractivity contribution in [2.75, 3.05) is 0 Å². The lowest BCUT2D eigenvalue weighted by Gasteiger charge is -2.31. The molecule has 0 fully saturated rings. The van der Waals surface area contributed by atoms with Crippen molar-refractivity contribution < 1.29 is 9.53 Å². The summed E-state index contributed by atoms with van der Waals surface area (Å²) in [6, 6.07) is 0. The number of allylic oxidation sites excluding steroid dienone is 3. The second-order valence-corrected chi connectivity index (χ2v) is 8.83. The third-order valence-electron chi connectivity index (χ3n) is 3.97. The second-order valence-electron chi connectivity index (χ2n) is 8.83. The number of Topliss-reactive ketones (excluding diaryl/α,β-unsaturated/α-hetero) is 1. The first-order valence-electron chi connectivity index (χ1n) is 7.89. The predicted octanol–water partition coefficient (Wildman–Crippen LogP) is 5.29. The van der Waals surface area contributed by atoms with Crippen LogP contribution in [0.15, 0.2) is 23.5 Å². The molecule has 0 amide bonds. The van der Waals surface area contributed by atoms with Gasteiger partial charge in [0.05, 0.1) is 0 Å². The molecule has 1 unspecified atom stereocenters. The van der Waals surface area contributed by atoms with Crippen LogP contribution in [-0.2, 0) is 9.53 Å². The Balaban J connectivity index is 3.25. The zero-order valence-corrected chi connectivity index (χ0v) is 15.3. The van der Waals surface area contributed by atoms with E-state index in [1.165, 1.54) is 0 Å². The van der Waals surface area contributed by atoms with Crippen LogP contribution in [0.3, 0.4) is 0 Å². The number of hydrogen-bond acceptors (Lipinski definition) is 2. The number of rotatable bonds is 3. The van der Waals surface area contributed by atoms with Crippen LogP contribution in [0.5, 0.6) is 0 Å². The molecule has 21 heavy (non-hydrogen) atoms. The van der Waals surface area contributed by atoms with Gasteiger partial charge in [0.25, 0.3) is 0 Å². The van der Waals surface area contributed by atoms with E-state index in [1.807, 2.05) is 13.0 Å². The summed E-state index contributed by atoms with van der Waals surface area (Å²) < 4.78 is 6.24. The molecule has 120 valence electrons. The lowest BCUT2D eigenvalue weighted by atomic mass is 9.74. The maximum Gasteiger partial charge on any atom is 0.203 e. The van der Waals surface area contributed by atoms with E-state index in [0.717, 1.165) is 17.8 Å². The maximum absolute atomic E-state index is 13.0. The van der Waals surface area contributed by atoms with Crippen molar-refractivity contribution in [3.05, 3.63) is 23.5 Å². The van der Waals surface area contributed by atoms with Gasteiger partial charge in [-0.1, -0.05) is 67.5 Å². The molecule has 1 heterocycles. The summed E-state index contributed by atoms with van der Waals surface area (Å²) in [5.41, 5.74) is 0.329. The Kier molecular flexibility index (Phi) is 4.82. The van der Waals surface area contributed by atoms with E-state index >= 15 is 0 Å². The quantitative estimate of drug-likeness (QED) is 0.660. The van der Waals surface area contributed by atoms with E-state index in [9.17, 15) is 4.79 Å². The molecule has 0 aromatic carbocycles. The molecule has 2 heteroatoms. The van der Waals surface area contributed by atoms with Gasteiger partial charge in [0, 0.05) is 16.4 Å². The minimum atomic E-state index is -0.378. The first kappa shape index (κ1) is 18.0. The summed E-state index contributed by atoms with van der Waals surface area (Å²) in [6.07, 6.45) is 4.61. The summed E-state index contributed by atoms with van der Waals surface area (Å²) in [7, 11) is 0. The average Bonchev–Trinajstić information content (AvgIpc) is 2.64. The van der Waals surface area contributed by atoms with Crippen LogP contribution in [0.4, 0.5) is 0 Å². The number of carbonyl (C=O) groups is 1. The number of hydrogen-bond donors (Lipinski definition) is 0. The summed E-state index contributed by atoms with van der Waals surface area (Å²) in [5, 5.41) is 0. The standard InChI is InChI=1S/C19H32O2/c1-10-11-12-19(8,9)16-14(20)13(17(2,3)4)15(21-16)18(5,6)7/h10-11,16H,12H2,1-9H3/b11-10+. The van der Waals surface area contributed by atoms with Gasteiger partial charge in [-0.25, -0.2) is 0 Å². The Morgan fingerprint density at radius 1 is 1.00 bits per heavy atom. The van der Waals surface area contributed by atoms with Gasteiger partial charge in [-0.3, -0.25) is 4.79 Å². The van der Waals surface area contributed by atoms with Crippen molar-refractivity contribution in [1.29, 1.82) is 0 Å². The zero-order valence-electron chi connectivity index (χ0n) is 15.3. The third-order valence-corrected chi connectivity index (χ3v) is 3.97. The summed E-state index contributed by atoms with van der Waals surface area (Å²) in [4.78, 5) is 13.0. The maximum atomic E-state index is 13.0. The highest BCUT2D eigenvalue weighted by molar-refractivity contribution is 6.03. The first-order valence-corrected chi connectivity index (χ1v) is 7.89. The predicted molar refractivity (Wildman–Crippen MR) is 89.0 cm³/mol. The van der Waals surface area contributed by atoms with Gasteiger partial charge in [-0.15, -0.1) is 0 Å². The van der Waals surface area contributed by atoms with Gasteiger partial charge in [0.1, 0.15) is 5.76 Å². The van der Waals surface area contributed by atoms with Crippen LogP contribution in [0.25, 0.3) is 0 Å². The van der Waals surface area contributed by atoms with E-state index in [1.54, 1.807) is 0 Å². The van der Waals surface area contributed by atoms with E-state index in [2.05, 4.69) is 61.5 Å². The fraction of sp³-hybridized carbons (Fsp3) is 0.737. The van der Waals surface area contributed by atoms with Crippen molar-refractivity contribution in [1.82, 2.24) is 0 Å². The highest BCUT2D eigenvalue weighted by Crippen LogP contribution is 2.47. The second kappa shape index (κ2) is 5.62. The summed E-state index contributed by atoms with van der Waals surface area (Å²) in [5.74, 6) is 1.04. The SMILES string of the molecule is C/C=C/CC(C)(C)C1OC(C(C)(C)C)=C(C(C)(C)C)C1=O. The van der Waals surface area contributed by atoms with E-state index in [0.29, 0.717) is 0 Å². The van der Waals surface area contributed by atoms with Crippen molar-refractivity contribution in [2.24, 2.45) is 16.2 Å². The number of ether oxygens (including phenoxy) is 1. The summed E-state index contributed by atoms with van der Waals surface area (Å²) in [6.45, 7) is 18.9. The molecule has 0 aliphatic carbocycles. The average molecular weight is 292 g/mol. The molecule has 0 spiro atoms. The number of ketones is 1. The van der Waals surface area contributed by atoms with Gasteiger partial charge in [-0.05, 0) is 18.8 Å². The van der Waals surface area contributed by atoms with Crippen LogP contribution in [0.1, 0.15) is 68.7 Å². The Hall–Kier alpha value is -1.05. The van der Waals surface area contributed by atoms with Crippen LogP contribution in [0, 0.1) is 16.2 Å². The van der Waals surface area contributed by atoms with Crippen LogP contribution >= 0.6 is 0 Å². The van der Waals surface area contributed by atoms with Gasteiger partial charge >= 0.3 is 0 Å². The largest absolute Gasteiger partial charge is 0.485 e. The lowest BCUT2D eigenvalue weighted by molar-refractivity contribution is -0.127. The Morgan fingerprint density at radius 3 is 1.86 bits per heavy atom. The molecule has 0 saturated carbocycles. The normalized spacial score (nSPS) is 21.4. The fourth-order valence-electron chi connectivity index (χ4n) is 2.78. The molecular weight excluding hydrogens is 260 g/mol. The zero-order chi connectivity index (χ0) is 16.6. The van der Waals surface area contributed by atoms with Crippen molar-refractivity contribution in [3.8, 4) is 0 Å². The smallest absolute Gasteiger partial charge is 0.203 e. The van der Waals surface area contributed by atoms with Crippen molar-refractivity contribution in [2.45, 2.75) is 74.8 Å². The van der Waals surface area contributed by atoms with E-state index in [-0.39, 0.29) is 28.1 Å². The molecule has 1 rings (SSSR count). The molecule has 0 aromatic rings. The van der Waals surface area contributed by atoms with Gasteiger partial charge in [0.15, 0.2) is 6.10 Å². The van der Waals surface area contributed by atoms with Crippen LogP contribution in [0.2, 0.25) is 0 Å². The fourth-order valence-corrected chi connectivity index (χ4v) is 2.78. The highest BCUT2D eigenvalue weighted by Gasteiger charge is 2.49. The van der Waals surface area contributed by atoms with Gasteiger partial charge in [0.2, 0.25) is 5.78 Å². The van der Waals surface area contributed by atoms with E-state index in [4.69, 9.17) is 4.74 Å². The highest BCUT2D eigenvalue weighted by atomic mass is 16.5. The summed E-state index contributed by atoms with van der Waals surface area (Å²) >= 11 is 0. The lowest BCUT2D eigenvalue weighted by Crippen LogP contribution is -2.36. The Labute approximate surface area is 130 Å². The Bertz CT molecular complexity index is 465. The monoisotopic (exact) mass is 292 g/mol. The molecular formula is C19H32O2. The Morgan fingerprint density at radius 2 is 1.52 bits per heavy atom. The topological polar surface area (TPSA) is 26.3 Å². The molecule has 1 atom stereocenters. The molecule has 0 bridgehead atoms. The molecule has 1 aliphatic heterocycles. The number of carbonyl (C=O) groups excluding carboxylic acids is 1. The molecule has 2 nitrogen and oxygen atoms in total. The first-order chi connectivity index (χ1) is 9.32. The molecule has 1 aliphatic rings. The van der Waals surface area contributed by atoms with E-state index < -0.39 is 0 Å². The van der Waals surface area contributed by atoms with Crippen LogP contribution in [-0.4, -0.2) is 11.9 Å². The molecule has 0 N–H and O–H groups in total. The molecule has 0 radical (unpaired) electrons. The van der Waals surface area contributed by atoms with Crippen molar-refractivity contribution in [3.63, 3.8) is 0 Å². The third kappa shape index (κ3) is 3.78. The minimum absolute atomic E-state index is 0.149. The minimum Gasteiger partial charge on any atom is -0.485 e. The van der Waals surface area contributed by atoms with Crippen LogP contribution < -0.4 is 0 Å². The van der Waals surface area contributed by atoms with Gasteiger partial charge < -0.3 is 4.74 Å². The van der Waals surface area contributed by atoms with Crippen molar-refractivity contribution >= 4 is 5.78 Å². The molecule has 0 aromatic heterocycles. The molecule has 0 saturated heterocycles. The van der Waals surface area contributed by atoms with Gasteiger partial charge in [-0.2, -0.15) is 0 Å².